The van der Waals surface area contributed by atoms with E-state index in [1.54, 1.807) is 7.11 Å². The molecule has 1 saturated carbocycles. The number of ether oxygens (including phenoxy) is 1. The molecule has 1 aromatic rings. The summed E-state index contributed by atoms with van der Waals surface area (Å²) in [5.74, 6) is 2.13. The van der Waals surface area contributed by atoms with Gasteiger partial charge in [0.15, 0.2) is 0 Å². The largest absolute Gasteiger partial charge is 0.483 e. The standard InChI is InChI=1S/C18H32N4O3S.CH2O2/c1-3-4-11-26(23,24)20-18-15-5-6-16(18)13-21(12-15)14-17-19-7-8-22(17)9-10-25-2;2-1-3/h7-8,15-16,18,20H,3-6,9-14H2,1-2H3;1H,(H,2,3)/t15-,16+,18?;. The van der Waals surface area contributed by atoms with Crippen molar-refractivity contribution < 1.29 is 23.1 Å². The van der Waals surface area contributed by atoms with Crippen LogP contribution in [0.15, 0.2) is 12.4 Å². The van der Waals surface area contributed by atoms with Crippen LogP contribution >= 0.6 is 0 Å². The Labute approximate surface area is 173 Å². The van der Waals surface area contributed by atoms with Crippen LogP contribution in [0.4, 0.5) is 0 Å². The van der Waals surface area contributed by atoms with Gasteiger partial charge in [0.2, 0.25) is 10.0 Å². The molecule has 0 radical (unpaired) electrons. The number of carboxylic acid groups (broad SMARTS) is 1. The Morgan fingerprint density at radius 3 is 2.59 bits per heavy atom. The minimum Gasteiger partial charge on any atom is -0.483 e. The SMILES string of the molecule is CCCCS(=O)(=O)NC1[C@@H]2CC[C@H]1CN(Cc1nccn1CCOC)C2.O=CO. The fourth-order valence-corrected chi connectivity index (χ4v) is 5.91. The van der Waals surface area contributed by atoms with E-state index in [9.17, 15) is 8.42 Å². The predicted octanol–water partition coefficient (Wildman–Crippen LogP) is 1.16. The van der Waals surface area contributed by atoms with E-state index >= 15 is 0 Å². The summed E-state index contributed by atoms with van der Waals surface area (Å²) >= 11 is 0. The van der Waals surface area contributed by atoms with Crippen LogP contribution in [0, 0.1) is 11.8 Å². The van der Waals surface area contributed by atoms with Gasteiger partial charge in [-0.1, -0.05) is 13.3 Å². The molecule has 0 aromatic carbocycles. The first-order valence-corrected chi connectivity index (χ1v) is 11.9. The number of aromatic nitrogens is 2. The topological polar surface area (TPSA) is 114 Å². The number of unbranched alkanes of at least 4 members (excludes halogenated alkanes) is 1. The number of nitrogens with zero attached hydrogens (tertiary/aromatic N) is 3. The van der Waals surface area contributed by atoms with Gasteiger partial charge in [0.1, 0.15) is 5.82 Å². The Balaban J connectivity index is 0.000000941. The zero-order chi connectivity index (χ0) is 21.3. The molecule has 1 aromatic heterocycles. The molecule has 1 aliphatic heterocycles. The number of sulfonamides is 1. The summed E-state index contributed by atoms with van der Waals surface area (Å²) in [6.07, 6.45) is 7.70. The summed E-state index contributed by atoms with van der Waals surface area (Å²) in [5, 5.41) is 6.89. The minimum atomic E-state index is -3.15. The molecule has 3 rings (SSSR count). The Hall–Kier alpha value is -1.49. The number of methoxy groups -OCH3 is 1. The smallest absolute Gasteiger partial charge is 0.290 e. The van der Waals surface area contributed by atoms with Crippen LogP contribution in [0.2, 0.25) is 0 Å². The van der Waals surface area contributed by atoms with Crippen molar-refractivity contribution in [1.29, 1.82) is 0 Å². The van der Waals surface area contributed by atoms with E-state index in [0.29, 0.717) is 18.4 Å². The lowest BCUT2D eigenvalue weighted by atomic mass is 9.93. The maximum atomic E-state index is 12.3. The van der Waals surface area contributed by atoms with E-state index in [0.717, 1.165) is 57.7 Å². The molecular formula is C19H34N4O5S. The monoisotopic (exact) mass is 430 g/mol. The highest BCUT2D eigenvalue weighted by Gasteiger charge is 2.43. The molecule has 1 saturated heterocycles. The van der Waals surface area contributed by atoms with Gasteiger partial charge in [0, 0.05) is 45.2 Å². The first-order chi connectivity index (χ1) is 13.9. The summed E-state index contributed by atoms with van der Waals surface area (Å²) in [5.41, 5.74) is 0. The van der Waals surface area contributed by atoms with E-state index in [4.69, 9.17) is 14.6 Å². The third kappa shape index (κ3) is 7.06. The van der Waals surface area contributed by atoms with E-state index < -0.39 is 10.0 Å². The second-order valence-corrected chi connectivity index (χ2v) is 9.62. The molecule has 2 aliphatic rings. The van der Waals surface area contributed by atoms with Gasteiger partial charge in [-0.2, -0.15) is 0 Å². The lowest BCUT2D eigenvalue weighted by Crippen LogP contribution is -2.52. The van der Waals surface area contributed by atoms with E-state index in [1.165, 1.54) is 0 Å². The highest BCUT2D eigenvalue weighted by atomic mass is 32.2. The number of carbonyl (C=O) groups is 1. The number of nitrogens with one attached hydrogen (secondary N) is 1. The molecule has 0 amide bonds. The van der Waals surface area contributed by atoms with Gasteiger partial charge in [-0.25, -0.2) is 18.1 Å². The number of piperidine rings is 1. The first kappa shape index (κ1) is 23.8. The molecule has 2 fully saturated rings. The van der Waals surface area contributed by atoms with Crippen molar-refractivity contribution in [3.63, 3.8) is 0 Å². The van der Waals surface area contributed by atoms with Crippen molar-refractivity contribution in [2.45, 2.75) is 51.7 Å². The van der Waals surface area contributed by atoms with E-state index in [-0.39, 0.29) is 18.3 Å². The Kier molecular flexibility index (Phi) is 9.54. The van der Waals surface area contributed by atoms with Crippen molar-refractivity contribution in [2.24, 2.45) is 11.8 Å². The maximum Gasteiger partial charge on any atom is 0.290 e. The fraction of sp³-hybridized carbons (Fsp3) is 0.789. The normalized spacial score (nSPS) is 24.1. The second kappa shape index (κ2) is 11.6. The molecule has 29 heavy (non-hydrogen) atoms. The number of imidazole rings is 1. The summed E-state index contributed by atoms with van der Waals surface area (Å²) in [4.78, 5) is 15.3. The molecule has 2 N–H and O–H groups in total. The number of fused-ring (bicyclic) bond motifs is 2. The van der Waals surface area contributed by atoms with Crippen molar-refractivity contribution in [3.8, 4) is 0 Å². The zero-order valence-electron chi connectivity index (χ0n) is 17.4. The van der Waals surface area contributed by atoms with Crippen LogP contribution < -0.4 is 4.72 Å². The Morgan fingerprint density at radius 1 is 1.34 bits per heavy atom. The molecule has 0 spiro atoms. The average Bonchev–Trinajstić information content (AvgIpc) is 3.19. The predicted molar refractivity (Wildman–Crippen MR) is 110 cm³/mol. The molecule has 1 aliphatic carbocycles. The number of hydrogen-bond acceptors (Lipinski definition) is 6. The van der Waals surface area contributed by atoms with Gasteiger partial charge >= 0.3 is 0 Å². The average molecular weight is 431 g/mol. The van der Waals surface area contributed by atoms with Crippen LogP contribution in [-0.4, -0.2) is 73.0 Å². The van der Waals surface area contributed by atoms with Crippen molar-refractivity contribution >= 4 is 16.5 Å². The second-order valence-electron chi connectivity index (χ2n) is 7.74. The van der Waals surface area contributed by atoms with Gasteiger partial charge < -0.3 is 14.4 Å². The Bertz CT molecular complexity index is 710. The van der Waals surface area contributed by atoms with Crippen molar-refractivity contribution in [3.05, 3.63) is 18.2 Å². The van der Waals surface area contributed by atoms with Gasteiger partial charge in [0.25, 0.3) is 6.47 Å². The molecule has 1 unspecified atom stereocenters. The zero-order valence-corrected chi connectivity index (χ0v) is 18.2. The lowest BCUT2D eigenvalue weighted by Gasteiger charge is -2.38. The highest BCUT2D eigenvalue weighted by molar-refractivity contribution is 7.89. The minimum absolute atomic E-state index is 0.112. The van der Waals surface area contributed by atoms with Crippen LogP contribution in [0.5, 0.6) is 0 Å². The van der Waals surface area contributed by atoms with Gasteiger partial charge in [-0.3, -0.25) is 9.69 Å². The summed E-state index contributed by atoms with van der Waals surface area (Å²) in [7, 11) is -1.44. The highest BCUT2D eigenvalue weighted by Crippen LogP contribution is 2.37. The van der Waals surface area contributed by atoms with Crippen LogP contribution in [0.3, 0.4) is 0 Å². The third-order valence-electron chi connectivity index (χ3n) is 5.69. The van der Waals surface area contributed by atoms with Gasteiger partial charge in [-0.15, -0.1) is 0 Å². The quantitative estimate of drug-likeness (QED) is 0.536. The number of hydrogen-bond donors (Lipinski definition) is 2. The van der Waals surface area contributed by atoms with E-state index in [1.807, 2.05) is 19.3 Å². The van der Waals surface area contributed by atoms with Gasteiger partial charge in [0.05, 0.1) is 18.9 Å². The van der Waals surface area contributed by atoms with Crippen LogP contribution in [-0.2, 0) is 32.6 Å². The maximum absolute atomic E-state index is 12.3. The van der Waals surface area contributed by atoms with Crippen molar-refractivity contribution in [2.75, 3.05) is 32.6 Å². The third-order valence-corrected chi connectivity index (χ3v) is 7.15. The summed E-state index contributed by atoms with van der Waals surface area (Å²) in [6, 6.07) is 0.112. The number of rotatable bonds is 10. The van der Waals surface area contributed by atoms with E-state index in [2.05, 4.69) is 19.2 Å². The van der Waals surface area contributed by atoms with Gasteiger partial charge in [-0.05, 0) is 31.1 Å². The number of likely N-dealkylation sites (tertiary alicyclic amines) is 1. The molecule has 166 valence electrons. The van der Waals surface area contributed by atoms with Crippen molar-refractivity contribution in [1.82, 2.24) is 19.2 Å². The molecule has 9 nitrogen and oxygen atoms in total. The Morgan fingerprint density at radius 2 is 2.00 bits per heavy atom. The molecular weight excluding hydrogens is 396 g/mol. The fourth-order valence-electron chi connectivity index (χ4n) is 4.33. The molecule has 10 heteroatoms. The van der Waals surface area contributed by atoms with Crippen LogP contribution in [0.25, 0.3) is 0 Å². The summed E-state index contributed by atoms with van der Waals surface area (Å²) < 4.78 is 34.9. The summed E-state index contributed by atoms with van der Waals surface area (Å²) in [6.45, 7) is 5.96. The molecule has 2 heterocycles. The molecule has 2 bridgehead atoms. The molecule has 3 atom stereocenters. The first-order valence-electron chi connectivity index (χ1n) is 10.2. The lowest BCUT2D eigenvalue weighted by molar-refractivity contribution is -0.122. The van der Waals surface area contributed by atoms with Crippen LogP contribution in [0.1, 0.15) is 38.4 Å².